The average Bonchev–Trinajstić information content (AvgIpc) is 3.19. The number of rotatable bonds is 6. The zero-order valence-electron chi connectivity index (χ0n) is 15.3. The smallest absolute Gasteiger partial charge is 0.328 e. The molecular weight excluding hydrogens is 390 g/mol. The molecule has 2 aromatic heterocycles. The molecule has 0 fully saturated rings. The van der Waals surface area contributed by atoms with Gasteiger partial charge in [0, 0.05) is 18.7 Å². The van der Waals surface area contributed by atoms with Crippen molar-refractivity contribution in [1.82, 2.24) is 9.55 Å². The van der Waals surface area contributed by atoms with Crippen molar-refractivity contribution in [3.05, 3.63) is 86.9 Å². The number of thiophene rings is 1. The van der Waals surface area contributed by atoms with Crippen LogP contribution in [0, 0.1) is 0 Å². The van der Waals surface area contributed by atoms with Crippen molar-refractivity contribution >= 4 is 33.1 Å². The molecule has 2 aromatic carbocycles. The highest BCUT2D eigenvalue weighted by atomic mass is 32.1. The van der Waals surface area contributed by atoms with Gasteiger partial charge in [0.2, 0.25) is 5.91 Å². The molecule has 0 saturated heterocycles. The summed E-state index contributed by atoms with van der Waals surface area (Å²) in [4.78, 5) is 39.3. The molecule has 2 heterocycles. The Morgan fingerprint density at radius 3 is 2.48 bits per heavy atom. The van der Waals surface area contributed by atoms with Crippen LogP contribution in [0.3, 0.4) is 0 Å². The number of hydrogen-bond donors (Lipinski definition) is 2. The zero-order valence-corrected chi connectivity index (χ0v) is 16.1. The Morgan fingerprint density at radius 2 is 1.72 bits per heavy atom. The summed E-state index contributed by atoms with van der Waals surface area (Å²) in [5.41, 5.74) is 0.221. The first-order valence-corrected chi connectivity index (χ1v) is 9.81. The van der Waals surface area contributed by atoms with Crippen molar-refractivity contribution in [3.63, 3.8) is 0 Å². The van der Waals surface area contributed by atoms with E-state index in [9.17, 15) is 14.4 Å². The van der Waals surface area contributed by atoms with Gasteiger partial charge in [0.15, 0.2) is 0 Å². The third-order valence-electron chi connectivity index (χ3n) is 4.27. The molecule has 0 unspecified atom stereocenters. The predicted molar refractivity (Wildman–Crippen MR) is 113 cm³/mol. The van der Waals surface area contributed by atoms with E-state index in [0.29, 0.717) is 21.7 Å². The second kappa shape index (κ2) is 8.15. The minimum absolute atomic E-state index is 0.00212. The second-order valence-corrected chi connectivity index (χ2v) is 7.20. The molecule has 0 bridgehead atoms. The van der Waals surface area contributed by atoms with Crippen LogP contribution in [0.4, 0.5) is 5.69 Å². The van der Waals surface area contributed by atoms with E-state index in [-0.39, 0.29) is 24.4 Å². The van der Waals surface area contributed by atoms with E-state index in [4.69, 9.17) is 4.74 Å². The van der Waals surface area contributed by atoms with E-state index in [2.05, 4.69) is 10.3 Å². The number of anilines is 1. The summed E-state index contributed by atoms with van der Waals surface area (Å²) in [6.07, 6.45) is 0.00212. The monoisotopic (exact) mass is 407 g/mol. The summed E-state index contributed by atoms with van der Waals surface area (Å²) < 4.78 is 7.23. The number of fused-ring (bicyclic) bond motifs is 1. The van der Waals surface area contributed by atoms with Crippen LogP contribution in [0.15, 0.2) is 75.6 Å². The number of ether oxygens (including phenoxy) is 1. The van der Waals surface area contributed by atoms with Crippen LogP contribution in [-0.4, -0.2) is 15.5 Å². The van der Waals surface area contributed by atoms with Gasteiger partial charge in [-0.2, -0.15) is 0 Å². The summed E-state index contributed by atoms with van der Waals surface area (Å²) in [5, 5.41) is 4.50. The Balaban J connectivity index is 1.38. The Labute approximate surface area is 169 Å². The normalized spacial score (nSPS) is 10.8. The molecule has 0 spiro atoms. The van der Waals surface area contributed by atoms with Crippen molar-refractivity contribution in [1.29, 1.82) is 0 Å². The molecule has 0 aliphatic rings. The number of para-hydroxylation sites is 1. The van der Waals surface area contributed by atoms with Crippen molar-refractivity contribution in [2.75, 3.05) is 5.32 Å². The fraction of sp³-hybridized carbons (Fsp3) is 0.0952. The van der Waals surface area contributed by atoms with Gasteiger partial charge < -0.3 is 15.0 Å². The Morgan fingerprint density at radius 1 is 1.00 bits per heavy atom. The summed E-state index contributed by atoms with van der Waals surface area (Å²) in [5.74, 6) is 1.08. The molecule has 4 rings (SSSR count). The number of carbonyl (C=O) groups excluding carboxylic acids is 1. The highest BCUT2D eigenvalue weighted by Gasteiger charge is 2.11. The zero-order chi connectivity index (χ0) is 20.2. The summed E-state index contributed by atoms with van der Waals surface area (Å²) in [7, 11) is 0. The lowest BCUT2D eigenvalue weighted by molar-refractivity contribution is -0.116. The lowest BCUT2D eigenvalue weighted by Gasteiger charge is -2.09. The first kappa shape index (κ1) is 18.7. The minimum Gasteiger partial charge on any atom is -0.457 e. The largest absolute Gasteiger partial charge is 0.457 e. The van der Waals surface area contributed by atoms with Gasteiger partial charge in [-0.05, 0) is 47.8 Å². The topological polar surface area (TPSA) is 93.2 Å². The fourth-order valence-electron chi connectivity index (χ4n) is 2.84. The van der Waals surface area contributed by atoms with Crippen LogP contribution in [0.5, 0.6) is 11.5 Å². The first-order chi connectivity index (χ1) is 14.1. The van der Waals surface area contributed by atoms with E-state index < -0.39 is 5.69 Å². The summed E-state index contributed by atoms with van der Waals surface area (Å²) in [6, 6.07) is 18.0. The van der Waals surface area contributed by atoms with Crippen LogP contribution < -0.4 is 21.3 Å². The van der Waals surface area contributed by atoms with Gasteiger partial charge in [-0.15, -0.1) is 11.3 Å². The number of H-pyrrole nitrogens is 1. The van der Waals surface area contributed by atoms with Crippen molar-refractivity contribution in [2.45, 2.75) is 13.0 Å². The maximum atomic E-state index is 12.4. The van der Waals surface area contributed by atoms with Gasteiger partial charge >= 0.3 is 5.69 Å². The predicted octanol–water partition coefficient (Wildman–Crippen LogP) is 3.57. The Kier molecular flexibility index (Phi) is 5.26. The Bertz CT molecular complexity index is 1260. The van der Waals surface area contributed by atoms with Crippen LogP contribution in [0.25, 0.3) is 10.2 Å². The van der Waals surface area contributed by atoms with Gasteiger partial charge in [0.1, 0.15) is 16.2 Å². The van der Waals surface area contributed by atoms with E-state index in [1.807, 2.05) is 30.3 Å². The molecule has 0 saturated carbocycles. The maximum absolute atomic E-state index is 12.4. The summed E-state index contributed by atoms with van der Waals surface area (Å²) in [6.45, 7) is 0.00302. The molecule has 0 atom stereocenters. The van der Waals surface area contributed by atoms with E-state index in [1.165, 1.54) is 11.3 Å². The molecule has 8 heteroatoms. The second-order valence-electron chi connectivity index (χ2n) is 6.29. The lowest BCUT2D eigenvalue weighted by Crippen LogP contribution is -2.35. The fourth-order valence-corrected chi connectivity index (χ4v) is 3.64. The average molecular weight is 407 g/mol. The molecule has 146 valence electrons. The van der Waals surface area contributed by atoms with Crippen LogP contribution in [0.2, 0.25) is 0 Å². The molecular formula is C21H17N3O4S. The first-order valence-electron chi connectivity index (χ1n) is 8.93. The molecule has 1 amide bonds. The van der Waals surface area contributed by atoms with Gasteiger partial charge in [0.05, 0.1) is 5.52 Å². The number of nitrogens with zero attached hydrogens (tertiary/aromatic N) is 1. The van der Waals surface area contributed by atoms with Crippen LogP contribution in [0.1, 0.15) is 6.42 Å². The third-order valence-corrected chi connectivity index (χ3v) is 5.17. The van der Waals surface area contributed by atoms with Gasteiger partial charge in [0.25, 0.3) is 5.56 Å². The maximum Gasteiger partial charge on any atom is 0.328 e. The molecule has 2 N–H and O–H groups in total. The van der Waals surface area contributed by atoms with Crippen LogP contribution >= 0.6 is 11.3 Å². The van der Waals surface area contributed by atoms with Crippen LogP contribution in [-0.2, 0) is 11.3 Å². The minimum atomic E-state index is -0.517. The number of aromatic amines is 1. The number of aromatic nitrogens is 2. The molecule has 7 nitrogen and oxygen atoms in total. The number of hydrogen-bond acceptors (Lipinski definition) is 5. The number of carbonyl (C=O) groups is 1. The molecule has 0 aliphatic carbocycles. The Hall–Kier alpha value is -3.65. The number of benzene rings is 2. The molecule has 4 aromatic rings. The van der Waals surface area contributed by atoms with Crippen molar-refractivity contribution < 1.29 is 9.53 Å². The van der Waals surface area contributed by atoms with Gasteiger partial charge in [-0.1, -0.05) is 18.2 Å². The van der Waals surface area contributed by atoms with Gasteiger partial charge in [-0.25, -0.2) is 4.79 Å². The highest BCUT2D eigenvalue weighted by molar-refractivity contribution is 7.17. The van der Waals surface area contributed by atoms with Gasteiger partial charge in [-0.3, -0.25) is 14.2 Å². The molecule has 0 aliphatic heterocycles. The van der Waals surface area contributed by atoms with Crippen molar-refractivity contribution in [2.24, 2.45) is 0 Å². The lowest BCUT2D eigenvalue weighted by atomic mass is 10.3. The quantitative estimate of drug-likeness (QED) is 0.511. The highest BCUT2D eigenvalue weighted by Crippen LogP contribution is 2.22. The summed E-state index contributed by atoms with van der Waals surface area (Å²) >= 11 is 1.26. The number of nitrogens with one attached hydrogen (secondary N) is 2. The van der Waals surface area contributed by atoms with E-state index >= 15 is 0 Å². The third kappa shape index (κ3) is 4.27. The van der Waals surface area contributed by atoms with E-state index in [1.54, 1.807) is 35.7 Å². The van der Waals surface area contributed by atoms with Crippen molar-refractivity contribution in [3.8, 4) is 11.5 Å². The number of amides is 1. The molecule has 0 radical (unpaired) electrons. The SMILES string of the molecule is O=C(CCn1c(=O)[nH]c2ccsc2c1=O)Nc1ccc(Oc2ccccc2)cc1. The molecule has 29 heavy (non-hydrogen) atoms. The van der Waals surface area contributed by atoms with E-state index in [0.717, 1.165) is 10.3 Å². The standard InChI is InChI=1S/C21H17N3O4S/c25-18(10-12-24-20(26)19-17(11-13-29-19)23-21(24)27)22-14-6-8-16(9-7-14)28-15-4-2-1-3-5-15/h1-9,11,13H,10,12H2,(H,22,25)(H,23,27).